The van der Waals surface area contributed by atoms with E-state index in [0.29, 0.717) is 30.7 Å². The van der Waals surface area contributed by atoms with Gasteiger partial charge in [0.25, 0.3) is 0 Å². The van der Waals surface area contributed by atoms with Crippen molar-refractivity contribution < 1.29 is 9.32 Å². The van der Waals surface area contributed by atoms with Crippen LogP contribution in [0.2, 0.25) is 0 Å². The maximum atomic E-state index is 12.9. The van der Waals surface area contributed by atoms with Crippen molar-refractivity contribution in [1.29, 1.82) is 0 Å². The predicted octanol–water partition coefficient (Wildman–Crippen LogP) is 2.90. The summed E-state index contributed by atoms with van der Waals surface area (Å²) in [5.74, 6) is 2.12. The van der Waals surface area contributed by atoms with E-state index in [1.165, 1.54) is 19.3 Å². The Bertz CT molecular complexity index is 869. The first kappa shape index (κ1) is 21.7. The molecule has 0 radical (unpaired) electrons. The van der Waals surface area contributed by atoms with Gasteiger partial charge < -0.3 is 14.7 Å². The average Bonchev–Trinajstić information content (AvgIpc) is 3.30. The minimum atomic E-state index is -0.0288. The minimum Gasteiger partial charge on any atom is -0.355 e. The van der Waals surface area contributed by atoms with E-state index in [1.54, 1.807) is 6.20 Å². The van der Waals surface area contributed by atoms with Crippen LogP contribution in [0.5, 0.6) is 0 Å². The second-order valence-electron chi connectivity index (χ2n) is 8.70. The third-order valence-corrected chi connectivity index (χ3v) is 6.53. The number of aryl methyl sites for hydroxylation is 1. The normalized spacial score (nSPS) is 22.5. The maximum absolute atomic E-state index is 12.9. The lowest BCUT2D eigenvalue weighted by Crippen LogP contribution is -2.46. The molecule has 0 aromatic carbocycles. The van der Waals surface area contributed by atoms with Crippen LogP contribution in [0.4, 0.5) is 5.82 Å². The lowest BCUT2D eigenvalue weighted by Gasteiger charge is -2.35. The van der Waals surface area contributed by atoms with Crippen molar-refractivity contribution >= 4 is 11.7 Å². The van der Waals surface area contributed by atoms with E-state index in [1.807, 2.05) is 19.1 Å². The molecule has 2 atom stereocenters. The number of hydrogen-bond acceptors (Lipinski definition) is 7. The summed E-state index contributed by atoms with van der Waals surface area (Å²) in [6.07, 6.45) is 8.20. The van der Waals surface area contributed by atoms with Crippen molar-refractivity contribution in [1.82, 2.24) is 25.3 Å². The van der Waals surface area contributed by atoms with Gasteiger partial charge in [0.2, 0.25) is 17.6 Å². The van der Waals surface area contributed by atoms with Crippen LogP contribution in [-0.2, 0) is 11.2 Å². The monoisotopic (exact) mass is 426 g/mol. The minimum absolute atomic E-state index is 0.0288. The Morgan fingerprint density at radius 2 is 2.16 bits per heavy atom. The highest BCUT2D eigenvalue weighted by Gasteiger charge is 2.28. The molecular weight excluding hydrogens is 392 g/mol. The molecule has 168 valence electrons. The average molecular weight is 427 g/mol. The Morgan fingerprint density at radius 3 is 2.97 bits per heavy atom. The van der Waals surface area contributed by atoms with Gasteiger partial charge in [0.1, 0.15) is 5.82 Å². The van der Waals surface area contributed by atoms with Crippen molar-refractivity contribution in [3.63, 3.8) is 0 Å². The summed E-state index contributed by atoms with van der Waals surface area (Å²) in [6, 6.07) is 4.48. The molecule has 2 unspecified atom stereocenters. The third kappa shape index (κ3) is 5.23. The van der Waals surface area contributed by atoms with E-state index in [0.717, 1.165) is 50.4 Å². The summed E-state index contributed by atoms with van der Waals surface area (Å²) < 4.78 is 5.30. The molecule has 2 aliphatic heterocycles. The first-order chi connectivity index (χ1) is 15.2. The smallest absolute Gasteiger partial charge is 0.226 e. The zero-order valence-electron chi connectivity index (χ0n) is 18.7. The molecule has 2 aliphatic rings. The number of carbonyl (C=O) groups is 1. The molecule has 2 aromatic heterocycles. The molecule has 0 spiro atoms. The molecule has 2 fully saturated rings. The standard InChI is InChI=1S/C23H34N6O2/c1-3-20-26-21(27-31-20)19-10-6-11-24-22(19)29-14-7-9-18(16-29)23(30)25-12-15-28-13-5-4-8-17(28)2/h6,10-11,17-18H,3-5,7-9,12-16H2,1-2H3,(H,25,30). The molecule has 4 rings (SSSR count). The van der Waals surface area contributed by atoms with Crippen LogP contribution in [0.25, 0.3) is 11.4 Å². The zero-order chi connectivity index (χ0) is 21.6. The van der Waals surface area contributed by atoms with Crippen molar-refractivity contribution in [2.45, 2.75) is 58.4 Å². The van der Waals surface area contributed by atoms with Gasteiger partial charge in [-0.15, -0.1) is 0 Å². The van der Waals surface area contributed by atoms with E-state index < -0.39 is 0 Å². The van der Waals surface area contributed by atoms with Crippen LogP contribution in [0.15, 0.2) is 22.9 Å². The molecule has 8 nitrogen and oxygen atoms in total. The summed E-state index contributed by atoms with van der Waals surface area (Å²) in [6.45, 7) is 8.61. The quantitative estimate of drug-likeness (QED) is 0.728. The Morgan fingerprint density at radius 1 is 1.26 bits per heavy atom. The van der Waals surface area contributed by atoms with Crippen LogP contribution in [0, 0.1) is 5.92 Å². The molecule has 2 aromatic rings. The van der Waals surface area contributed by atoms with Crippen LogP contribution in [0.1, 0.15) is 51.8 Å². The SMILES string of the molecule is CCc1nc(-c2cccnc2N2CCCC(C(=O)NCCN3CCCCC3C)C2)no1. The van der Waals surface area contributed by atoms with Gasteiger partial charge >= 0.3 is 0 Å². The molecule has 0 bridgehead atoms. The van der Waals surface area contributed by atoms with Crippen molar-refractivity contribution in [2.75, 3.05) is 37.6 Å². The Hall–Kier alpha value is -2.48. The second-order valence-corrected chi connectivity index (χ2v) is 8.70. The molecule has 4 heterocycles. The topological polar surface area (TPSA) is 87.4 Å². The number of hydrogen-bond donors (Lipinski definition) is 1. The highest BCUT2D eigenvalue weighted by Crippen LogP contribution is 2.30. The van der Waals surface area contributed by atoms with Crippen molar-refractivity contribution in [3.05, 3.63) is 24.2 Å². The first-order valence-electron chi connectivity index (χ1n) is 11.7. The number of amides is 1. The molecule has 2 saturated heterocycles. The van der Waals surface area contributed by atoms with Crippen LogP contribution in [0.3, 0.4) is 0 Å². The number of pyridine rings is 1. The number of rotatable bonds is 7. The van der Waals surface area contributed by atoms with Gasteiger partial charge in [0, 0.05) is 44.8 Å². The molecule has 0 saturated carbocycles. The fourth-order valence-electron chi connectivity index (χ4n) is 4.67. The van der Waals surface area contributed by atoms with E-state index in [4.69, 9.17) is 4.52 Å². The van der Waals surface area contributed by atoms with Gasteiger partial charge in [0.15, 0.2) is 0 Å². The Labute approximate surface area is 184 Å². The van der Waals surface area contributed by atoms with E-state index >= 15 is 0 Å². The fraction of sp³-hybridized carbons (Fsp3) is 0.652. The first-order valence-corrected chi connectivity index (χ1v) is 11.7. The Kier molecular flexibility index (Phi) is 7.17. The lowest BCUT2D eigenvalue weighted by molar-refractivity contribution is -0.125. The number of piperidine rings is 2. The highest BCUT2D eigenvalue weighted by atomic mass is 16.5. The Balaban J connectivity index is 1.37. The largest absolute Gasteiger partial charge is 0.355 e. The fourth-order valence-corrected chi connectivity index (χ4v) is 4.67. The molecule has 1 N–H and O–H groups in total. The summed E-state index contributed by atoms with van der Waals surface area (Å²) in [7, 11) is 0. The van der Waals surface area contributed by atoms with E-state index in [9.17, 15) is 4.79 Å². The number of likely N-dealkylation sites (tertiary alicyclic amines) is 1. The second kappa shape index (κ2) is 10.2. The zero-order valence-corrected chi connectivity index (χ0v) is 18.7. The van der Waals surface area contributed by atoms with Gasteiger partial charge in [0.05, 0.1) is 11.5 Å². The van der Waals surface area contributed by atoms with Crippen molar-refractivity contribution in [3.8, 4) is 11.4 Å². The highest BCUT2D eigenvalue weighted by molar-refractivity contribution is 5.80. The summed E-state index contributed by atoms with van der Waals surface area (Å²) >= 11 is 0. The number of nitrogens with zero attached hydrogens (tertiary/aromatic N) is 5. The lowest BCUT2D eigenvalue weighted by atomic mass is 9.96. The third-order valence-electron chi connectivity index (χ3n) is 6.53. The van der Waals surface area contributed by atoms with Gasteiger partial charge in [-0.3, -0.25) is 9.69 Å². The summed E-state index contributed by atoms with van der Waals surface area (Å²) in [4.78, 5) is 26.6. The molecular formula is C23H34N6O2. The molecule has 0 aliphatic carbocycles. The summed E-state index contributed by atoms with van der Waals surface area (Å²) in [5.41, 5.74) is 0.853. The maximum Gasteiger partial charge on any atom is 0.226 e. The van der Waals surface area contributed by atoms with E-state index in [2.05, 4.69) is 37.2 Å². The van der Waals surface area contributed by atoms with Gasteiger partial charge in [-0.2, -0.15) is 4.98 Å². The van der Waals surface area contributed by atoms with Gasteiger partial charge in [-0.25, -0.2) is 4.98 Å². The van der Waals surface area contributed by atoms with Gasteiger partial charge in [-0.05, 0) is 51.3 Å². The number of carbonyl (C=O) groups excluding carboxylic acids is 1. The van der Waals surface area contributed by atoms with Crippen LogP contribution in [-0.4, -0.2) is 64.7 Å². The van der Waals surface area contributed by atoms with Gasteiger partial charge in [-0.1, -0.05) is 18.5 Å². The number of anilines is 1. The molecule has 1 amide bonds. The number of nitrogens with one attached hydrogen (secondary N) is 1. The predicted molar refractivity (Wildman–Crippen MR) is 120 cm³/mol. The van der Waals surface area contributed by atoms with Crippen LogP contribution < -0.4 is 10.2 Å². The van der Waals surface area contributed by atoms with E-state index in [-0.39, 0.29) is 11.8 Å². The molecule has 31 heavy (non-hydrogen) atoms. The van der Waals surface area contributed by atoms with Crippen LogP contribution >= 0.6 is 0 Å². The number of aromatic nitrogens is 3. The summed E-state index contributed by atoms with van der Waals surface area (Å²) in [5, 5.41) is 7.30. The van der Waals surface area contributed by atoms with Crippen molar-refractivity contribution in [2.24, 2.45) is 5.92 Å². The molecule has 8 heteroatoms.